The van der Waals surface area contributed by atoms with Crippen LogP contribution in [0.2, 0.25) is 0 Å². The van der Waals surface area contributed by atoms with E-state index < -0.39 is 16.0 Å². The maximum Gasteiger partial charge on any atom is 0.305 e. The summed E-state index contributed by atoms with van der Waals surface area (Å²) in [6.45, 7) is 0.102. The zero-order valence-electron chi connectivity index (χ0n) is 10.6. The van der Waals surface area contributed by atoms with Gasteiger partial charge in [-0.1, -0.05) is 0 Å². The summed E-state index contributed by atoms with van der Waals surface area (Å²) < 4.78 is 28.5. The molecule has 0 aliphatic carbocycles. The molecule has 0 saturated carbocycles. The van der Waals surface area contributed by atoms with Crippen LogP contribution >= 0.6 is 15.9 Å². The van der Waals surface area contributed by atoms with Gasteiger partial charge in [0.15, 0.2) is 0 Å². The van der Waals surface area contributed by atoms with Gasteiger partial charge in [-0.3, -0.25) is 14.2 Å². The molecule has 0 bridgehead atoms. The molecule has 10 heteroatoms. The second kappa shape index (κ2) is 6.22. The number of rotatable bonds is 6. The summed E-state index contributed by atoms with van der Waals surface area (Å²) >= 11 is 3.15. The maximum absolute atomic E-state index is 12.1. The topological polar surface area (TPSA) is 114 Å². The van der Waals surface area contributed by atoms with Crippen LogP contribution in [0.5, 0.6) is 0 Å². The SMILES string of the molecule is O=C(O)CCn1cc(S(=O)(=O)Nc2ccc(Br)nc2)cn1. The van der Waals surface area contributed by atoms with Crippen molar-refractivity contribution in [3.8, 4) is 0 Å². The van der Waals surface area contributed by atoms with Crippen LogP contribution in [-0.2, 0) is 21.4 Å². The summed E-state index contributed by atoms with van der Waals surface area (Å²) in [7, 11) is -3.78. The first-order valence-electron chi connectivity index (χ1n) is 5.75. The van der Waals surface area contributed by atoms with Crippen molar-refractivity contribution in [2.45, 2.75) is 17.9 Å². The highest BCUT2D eigenvalue weighted by Crippen LogP contribution is 2.16. The van der Waals surface area contributed by atoms with Gasteiger partial charge in [-0.2, -0.15) is 5.10 Å². The Bertz CT molecular complexity index is 742. The van der Waals surface area contributed by atoms with Crippen molar-refractivity contribution >= 4 is 37.6 Å². The molecule has 0 radical (unpaired) electrons. The molecule has 8 nitrogen and oxygen atoms in total. The highest BCUT2D eigenvalue weighted by molar-refractivity contribution is 9.10. The van der Waals surface area contributed by atoms with Crippen LogP contribution in [0.1, 0.15) is 6.42 Å². The molecular weight excluding hydrogens is 364 g/mol. The molecule has 112 valence electrons. The number of nitrogens with zero attached hydrogens (tertiary/aromatic N) is 3. The first kappa shape index (κ1) is 15.4. The van der Waals surface area contributed by atoms with E-state index in [9.17, 15) is 13.2 Å². The van der Waals surface area contributed by atoms with Crippen LogP contribution in [-0.4, -0.2) is 34.3 Å². The van der Waals surface area contributed by atoms with Gasteiger partial charge in [0.05, 0.1) is 31.0 Å². The average molecular weight is 375 g/mol. The third-order valence-electron chi connectivity index (χ3n) is 2.45. The van der Waals surface area contributed by atoms with Gasteiger partial charge in [-0.05, 0) is 28.1 Å². The van der Waals surface area contributed by atoms with Gasteiger partial charge in [0.2, 0.25) is 0 Å². The Morgan fingerprint density at radius 3 is 2.76 bits per heavy atom. The van der Waals surface area contributed by atoms with E-state index in [1.54, 1.807) is 12.1 Å². The van der Waals surface area contributed by atoms with Crippen molar-refractivity contribution in [1.29, 1.82) is 0 Å². The predicted molar refractivity (Wildman–Crippen MR) is 77.2 cm³/mol. The number of nitrogens with one attached hydrogen (secondary N) is 1. The highest BCUT2D eigenvalue weighted by atomic mass is 79.9. The minimum absolute atomic E-state index is 0.0455. The zero-order chi connectivity index (χ0) is 15.5. The number of hydrogen-bond acceptors (Lipinski definition) is 5. The molecular formula is C11H11BrN4O4S. The molecule has 2 heterocycles. The van der Waals surface area contributed by atoms with Crippen LogP contribution < -0.4 is 4.72 Å². The van der Waals surface area contributed by atoms with E-state index in [1.807, 2.05) is 0 Å². The molecule has 2 aromatic rings. The fourth-order valence-electron chi connectivity index (χ4n) is 1.47. The van der Waals surface area contributed by atoms with Gasteiger partial charge < -0.3 is 5.11 Å². The quantitative estimate of drug-likeness (QED) is 0.736. The van der Waals surface area contributed by atoms with Crippen molar-refractivity contribution in [2.75, 3.05) is 4.72 Å². The normalized spacial score (nSPS) is 11.3. The van der Waals surface area contributed by atoms with E-state index in [4.69, 9.17) is 5.11 Å². The second-order valence-electron chi connectivity index (χ2n) is 4.06. The number of anilines is 1. The molecule has 0 atom stereocenters. The van der Waals surface area contributed by atoms with Crippen LogP contribution in [0.4, 0.5) is 5.69 Å². The van der Waals surface area contributed by atoms with Crippen molar-refractivity contribution < 1.29 is 18.3 Å². The first-order chi connectivity index (χ1) is 9.87. The minimum atomic E-state index is -3.78. The molecule has 0 fully saturated rings. The van der Waals surface area contributed by atoms with E-state index in [-0.39, 0.29) is 17.9 Å². The number of aliphatic carboxylic acids is 1. The van der Waals surface area contributed by atoms with Gasteiger partial charge in [0, 0.05) is 6.20 Å². The van der Waals surface area contributed by atoms with Gasteiger partial charge in [0.25, 0.3) is 10.0 Å². The summed E-state index contributed by atoms with van der Waals surface area (Å²) in [6.07, 6.45) is 3.68. The summed E-state index contributed by atoms with van der Waals surface area (Å²) in [6, 6.07) is 3.16. The Morgan fingerprint density at radius 2 is 2.14 bits per heavy atom. The van der Waals surface area contributed by atoms with Crippen LogP contribution in [0.25, 0.3) is 0 Å². The molecule has 21 heavy (non-hydrogen) atoms. The molecule has 0 aliphatic heterocycles. The minimum Gasteiger partial charge on any atom is -0.481 e. The number of hydrogen-bond donors (Lipinski definition) is 2. The van der Waals surface area contributed by atoms with Crippen LogP contribution in [0.15, 0.2) is 40.2 Å². The number of carboxylic acid groups (broad SMARTS) is 1. The molecule has 0 spiro atoms. The zero-order valence-corrected chi connectivity index (χ0v) is 13.0. The van der Waals surface area contributed by atoms with Gasteiger partial charge >= 0.3 is 5.97 Å². The van der Waals surface area contributed by atoms with Crippen molar-refractivity contribution in [1.82, 2.24) is 14.8 Å². The number of sulfonamides is 1. The number of aryl methyl sites for hydroxylation is 1. The number of aromatic nitrogens is 3. The van der Waals surface area contributed by atoms with Crippen LogP contribution in [0, 0.1) is 0 Å². The van der Waals surface area contributed by atoms with Crippen molar-refractivity contribution in [3.05, 3.63) is 35.3 Å². The standard InChI is InChI=1S/C11H11BrN4O4S/c12-10-2-1-8(5-13-10)15-21(19,20)9-6-14-16(7-9)4-3-11(17)18/h1-2,5-7,15H,3-4H2,(H,17,18). The largest absolute Gasteiger partial charge is 0.481 e. The number of pyridine rings is 1. The number of carboxylic acids is 1. The fourth-order valence-corrected chi connectivity index (χ4v) is 2.70. The Balaban J connectivity index is 2.12. The summed E-state index contributed by atoms with van der Waals surface area (Å²) in [5.41, 5.74) is 0.316. The monoisotopic (exact) mass is 374 g/mol. The third-order valence-corrected chi connectivity index (χ3v) is 4.26. The Hall–Kier alpha value is -1.94. The Kier molecular flexibility index (Phi) is 4.58. The van der Waals surface area contributed by atoms with Gasteiger partial charge in [-0.15, -0.1) is 0 Å². The predicted octanol–water partition coefficient (Wildman–Crippen LogP) is 1.32. The molecule has 2 rings (SSSR count). The average Bonchev–Trinajstić information content (AvgIpc) is 2.88. The van der Waals surface area contributed by atoms with E-state index in [0.29, 0.717) is 10.3 Å². The summed E-state index contributed by atoms with van der Waals surface area (Å²) in [5, 5.41) is 12.4. The van der Waals surface area contributed by atoms with E-state index >= 15 is 0 Å². The lowest BCUT2D eigenvalue weighted by molar-refractivity contribution is -0.137. The van der Waals surface area contributed by atoms with E-state index in [0.717, 1.165) is 6.20 Å². The number of halogens is 1. The molecule has 0 aliphatic rings. The Labute approximate surface area is 129 Å². The lowest BCUT2D eigenvalue weighted by atomic mass is 10.4. The number of carbonyl (C=O) groups is 1. The molecule has 0 aromatic carbocycles. The lowest BCUT2D eigenvalue weighted by Crippen LogP contribution is -2.12. The Morgan fingerprint density at radius 1 is 1.38 bits per heavy atom. The van der Waals surface area contributed by atoms with Gasteiger partial charge in [0.1, 0.15) is 9.50 Å². The second-order valence-corrected chi connectivity index (χ2v) is 6.55. The lowest BCUT2D eigenvalue weighted by Gasteiger charge is -2.05. The molecule has 0 saturated heterocycles. The van der Waals surface area contributed by atoms with Gasteiger partial charge in [-0.25, -0.2) is 13.4 Å². The molecule has 2 N–H and O–H groups in total. The molecule has 0 unspecified atom stereocenters. The summed E-state index contributed by atoms with van der Waals surface area (Å²) in [4.78, 5) is 14.3. The molecule has 2 aromatic heterocycles. The van der Waals surface area contributed by atoms with Crippen molar-refractivity contribution in [3.63, 3.8) is 0 Å². The third kappa shape index (κ3) is 4.26. The van der Waals surface area contributed by atoms with E-state index in [1.165, 1.54) is 17.1 Å². The van der Waals surface area contributed by atoms with Crippen molar-refractivity contribution in [2.24, 2.45) is 0 Å². The maximum atomic E-state index is 12.1. The molecule has 0 amide bonds. The summed E-state index contributed by atoms with van der Waals surface area (Å²) in [5.74, 6) is -0.978. The highest BCUT2D eigenvalue weighted by Gasteiger charge is 2.17. The van der Waals surface area contributed by atoms with E-state index in [2.05, 4.69) is 30.7 Å². The smallest absolute Gasteiger partial charge is 0.305 e. The first-order valence-corrected chi connectivity index (χ1v) is 8.03. The van der Waals surface area contributed by atoms with Crippen LogP contribution in [0.3, 0.4) is 0 Å². The fraction of sp³-hybridized carbons (Fsp3) is 0.182.